The second kappa shape index (κ2) is 7.55. The van der Waals surface area contributed by atoms with E-state index in [2.05, 4.69) is 10.5 Å². The zero-order valence-corrected chi connectivity index (χ0v) is 15.5. The van der Waals surface area contributed by atoms with Crippen molar-refractivity contribution in [2.75, 3.05) is 0 Å². The Morgan fingerprint density at radius 3 is 2.58 bits per heavy atom. The van der Waals surface area contributed by atoms with Crippen molar-refractivity contribution < 1.29 is 19.2 Å². The van der Waals surface area contributed by atoms with Crippen molar-refractivity contribution >= 4 is 17.6 Å². The number of carbonyl (C=O) groups excluding carboxylic acids is 1. The van der Waals surface area contributed by atoms with Crippen LogP contribution in [0.4, 0.5) is 10.5 Å². The minimum absolute atomic E-state index is 0.0568. The summed E-state index contributed by atoms with van der Waals surface area (Å²) in [6.07, 6.45) is -0.340. The lowest BCUT2D eigenvalue weighted by Crippen LogP contribution is -2.31. The monoisotopic (exact) mass is 361 g/mol. The summed E-state index contributed by atoms with van der Waals surface area (Å²) in [4.78, 5) is 23.2. The van der Waals surface area contributed by atoms with E-state index in [1.165, 1.54) is 6.07 Å². The lowest BCUT2D eigenvalue weighted by atomic mass is 9.88. The van der Waals surface area contributed by atoms with Crippen LogP contribution in [0.5, 0.6) is 0 Å². The number of hydrogen-bond acceptors (Lipinski definition) is 7. The van der Waals surface area contributed by atoms with Gasteiger partial charge < -0.3 is 9.47 Å². The highest BCUT2D eigenvalue weighted by molar-refractivity contribution is 5.95. The molecule has 2 rings (SSSR count). The summed E-state index contributed by atoms with van der Waals surface area (Å²) < 4.78 is 10.7. The summed E-state index contributed by atoms with van der Waals surface area (Å²) in [7, 11) is 0. The Labute approximate surface area is 152 Å². The summed E-state index contributed by atoms with van der Waals surface area (Å²) in [6.45, 7) is 8.76. The van der Waals surface area contributed by atoms with E-state index < -0.39 is 22.6 Å². The number of hydrazone groups is 1. The molecule has 0 radical (unpaired) electrons. The number of hydrogen-bond donors (Lipinski definition) is 1. The average molecular weight is 361 g/mol. The molecular weight excluding hydrogens is 338 g/mol. The summed E-state index contributed by atoms with van der Waals surface area (Å²) in [6, 6.07) is 6.37. The van der Waals surface area contributed by atoms with Crippen LogP contribution in [0, 0.1) is 10.1 Å². The van der Waals surface area contributed by atoms with Gasteiger partial charge in [-0.1, -0.05) is 25.1 Å². The van der Waals surface area contributed by atoms with E-state index in [-0.39, 0.29) is 11.4 Å². The number of carbonyl (C=O) groups is 1. The zero-order valence-electron chi connectivity index (χ0n) is 15.5. The van der Waals surface area contributed by atoms with Crippen molar-refractivity contribution in [3.8, 4) is 0 Å². The molecular formula is C18H23N3O5. The maximum absolute atomic E-state index is 12.2. The fourth-order valence-corrected chi connectivity index (χ4v) is 2.64. The van der Waals surface area contributed by atoms with E-state index in [0.717, 1.165) is 0 Å². The minimum atomic E-state index is -0.866. The Morgan fingerprint density at radius 1 is 1.35 bits per heavy atom. The van der Waals surface area contributed by atoms with Gasteiger partial charge in [-0.05, 0) is 34.1 Å². The summed E-state index contributed by atoms with van der Waals surface area (Å²) in [5, 5.41) is 15.7. The van der Waals surface area contributed by atoms with Gasteiger partial charge in [-0.2, -0.15) is 5.10 Å². The quantitative estimate of drug-likeness (QED) is 0.489. The number of nitrogens with one attached hydrogen (secondary N) is 1. The molecule has 8 heteroatoms. The first kappa shape index (κ1) is 19.4. The molecule has 0 bridgehead atoms. The first-order chi connectivity index (χ1) is 12.1. The maximum Gasteiger partial charge on any atom is 0.514 e. The number of nitro groups is 1. The van der Waals surface area contributed by atoms with E-state index in [9.17, 15) is 14.9 Å². The lowest BCUT2D eigenvalue weighted by molar-refractivity contribution is -0.385. The van der Waals surface area contributed by atoms with E-state index >= 15 is 0 Å². The molecule has 0 aliphatic carbocycles. The molecule has 0 spiro atoms. The molecule has 1 unspecified atom stereocenters. The number of nitrogens with zero attached hydrogens (tertiary/aromatic N) is 2. The number of rotatable bonds is 4. The third kappa shape index (κ3) is 4.38. The number of ether oxygens (including phenoxy) is 2. The van der Waals surface area contributed by atoms with Crippen LogP contribution in [0.25, 0.3) is 0 Å². The predicted octanol–water partition coefficient (Wildman–Crippen LogP) is 4.23. The molecule has 1 heterocycles. The van der Waals surface area contributed by atoms with Crippen molar-refractivity contribution in [1.82, 2.24) is 5.43 Å². The van der Waals surface area contributed by atoms with Gasteiger partial charge in [0.1, 0.15) is 11.4 Å². The summed E-state index contributed by atoms with van der Waals surface area (Å²) >= 11 is 0. The molecule has 1 aromatic carbocycles. The van der Waals surface area contributed by atoms with Gasteiger partial charge in [0.15, 0.2) is 0 Å². The standard InChI is InChI=1S/C18H23N3O5/c1-6-13-15(12-9-7-8-10-14(12)21(23)24)16(11(2)19-20-13)25-17(22)26-18(3,4)5/h7-10,15,19H,6H2,1-5H3. The first-order valence-corrected chi connectivity index (χ1v) is 8.31. The molecule has 8 nitrogen and oxygen atoms in total. The van der Waals surface area contributed by atoms with Crippen molar-refractivity contribution in [3.63, 3.8) is 0 Å². The van der Waals surface area contributed by atoms with Crippen LogP contribution in [0.15, 0.2) is 40.8 Å². The highest BCUT2D eigenvalue weighted by Gasteiger charge is 2.35. The molecule has 0 aromatic heterocycles. The fraction of sp³-hybridized carbons (Fsp3) is 0.444. The molecule has 0 saturated heterocycles. The molecule has 0 fully saturated rings. The van der Waals surface area contributed by atoms with Gasteiger partial charge in [0, 0.05) is 11.6 Å². The van der Waals surface area contributed by atoms with Crippen LogP contribution in [-0.4, -0.2) is 22.4 Å². The Hall–Kier alpha value is -2.90. The molecule has 1 N–H and O–H groups in total. The van der Waals surface area contributed by atoms with Crippen molar-refractivity contribution in [3.05, 3.63) is 51.4 Å². The van der Waals surface area contributed by atoms with Crippen molar-refractivity contribution in [2.24, 2.45) is 5.10 Å². The topological polar surface area (TPSA) is 103 Å². The van der Waals surface area contributed by atoms with Crippen molar-refractivity contribution in [2.45, 2.75) is 52.6 Å². The molecule has 1 aliphatic rings. The number of benzene rings is 1. The Bertz CT molecular complexity index is 777. The third-order valence-electron chi connectivity index (χ3n) is 3.72. The molecule has 0 saturated carbocycles. The maximum atomic E-state index is 12.2. The highest BCUT2D eigenvalue weighted by atomic mass is 16.7. The van der Waals surface area contributed by atoms with E-state index in [1.807, 2.05) is 6.92 Å². The molecule has 1 atom stereocenters. The van der Waals surface area contributed by atoms with Gasteiger partial charge in [-0.15, -0.1) is 0 Å². The van der Waals surface area contributed by atoms with Gasteiger partial charge in [0.25, 0.3) is 5.69 Å². The van der Waals surface area contributed by atoms with Crippen LogP contribution in [0.1, 0.15) is 52.5 Å². The second-order valence-electron chi connectivity index (χ2n) is 6.87. The number of para-hydroxylation sites is 1. The Balaban J connectivity index is 2.48. The summed E-state index contributed by atoms with van der Waals surface area (Å²) in [5.41, 5.74) is 3.58. The lowest BCUT2D eigenvalue weighted by Gasteiger charge is -2.28. The highest BCUT2D eigenvalue weighted by Crippen LogP contribution is 2.37. The Kier molecular flexibility index (Phi) is 5.64. The van der Waals surface area contributed by atoms with Crippen LogP contribution in [0.3, 0.4) is 0 Å². The summed E-state index contributed by atoms with van der Waals surface area (Å²) in [5.74, 6) is -0.393. The van der Waals surface area contributed by atoms with Crippen LogP contribution < -0.4 is 5.43 Å². The van der Waals surface area contributed by atoms with Gasteiger partial charge in [-0.25, -0.2) is 4.79 Å². The minimum Gasteiger partial charge on any atom is -0.428 e. The van der Waals surface area contributed by atoms with Crippen LogP contribution >= 0.6 is 0 Å². The normalized spacial score (nSPS) is 17.3. The van der Waals surface area contributed by atoms with Crippen molar-refractivity contribution in [1.29, 1.82) is 0 Å². The van der Waals surface area contributed by atoms with Crippen LogP contribution in [0.2, 0.25) is 0 Å². The van der Waals surface area contributed by atoms with Gasteiger partial charge in [0.2, 0.25) is 0 Å². The van der Waals surface area contributed by atoms with Crippen LogP contribution in [-0.2, 0) is 9.47 Å². The number of nitro benzene ring substituents is 1. The third-order valence-corrected chi connectivity index (χ3v) is 3.72. The molecule has 140 valence electrons. The van der Waals surface area contributed by atoms with Gasteiger partial charge >= 0.3 is 6.16 Å². The van der Waals surface area contributed by atoms with E-state index in [4.69, 9.17) is 9.47 Å². The zero-order chi connectivity index (χ0) is 19.5. The Morgan fingerprint density at radius 2 is 2.00 bits per heavy atom. The smallest absolute Gasteiger partial charge is 0.428 e. The molecule has 26 heavy (non-hydrogen) atoms. The fourth-order valence-electron chi connectivity index (χ4n) is 2.64. The predicted molar refractivity (Wildman–Crippen MR) is 96.7 cm³/mol. The molecule has 0 amide bonds. The molecule has 1 aliphatic heterocycles. The number of allylic oxidation sites excluding steroid dienone is 2. The first-order valence-electron chi connectivity index (χ1n) is 8.31. The molecule has 1 aromatic rings. The van der Waals surface area contributed by atoms with Gasteiger partial charge in [-0.3, -0.25) is 15.5 Å². The average Bonchev–Trinajstić information content (AvgIpc) is 2.54. The largest absolute Gasteiger partial charge is 0.514 e. The van der Waals surface area contributed by atoms with Gasteiger partial charge in [0.05, 0.1) is 22.2 Å². The SMILES string of the molecule is CCC1=NNC(C)=C(OC(=O)OC(C)(C)C)C1c1ccccc1[N+](=O)[O-]. The van der Waals surface area contributed by atoms with E-state index in [1.54, 1.807) is 45.9 Å². The van der Waals surface area contributed by atoms with E-state index in [0.29, 0.717) is 23.4 Å². The second-order valence-corrected chi connectivity index (χ2v) is 6.87.